The number of sulfone groups is 1. The van der Waals surface area contributed by atoms with Gasteiger partial charge in [-0.3, -0.25) is 4.79 Å². The molecule has 1 aromatic carbocycles. The molecular formula is C16H21N3O3S4. The molecule has 0 aliphatic heterocycles. The number of aromatic nitrogens is 2. The van der Waals surface area contributed by atoms with Crippen LogP contribution in [0.1, 0.15) is 19.8 Å². The molecule has 2 rings (SSSR count). The van der Waals surface area contributed by atoms with Crippen LogP contribution < -0.4 is 5.32 Å². The van der Waals surface area contributed by atoms with Crippen LogP contribution >= 0.6 is 34.9 Å². The highest BCUT2D eigenvalue weighted by molar-refractivity contribution is 8.03. The third-order valence-corrected chi connectivity index (χ3v) is 8.26. The molecule has 0 atom stereocenters. The number of hydrogen-bond acceptors (Lipinski definition) is 8. The molecule has 0 saturated carbocycles. The number of thioether (sulfide) groups is 2. The second-order valence-electron chi connectivity index (χ2n) is 5.31. The first kappa shape index (κ1) is 21.2. The Hall–Kier alpha value is -1.10. The van der Waals surface area contributed by atoms with E-state index >= 15 is 0 Å². The van der Waals surface area contributed by atoms with Gasteiger partial charge in [-0.1, -0.05) is 60.0 Å². The van der Waals surface area contributed by atoms with Crippen molar-refractivity contribution in [3.8, 4) is 0 Å². The Kier molecular flexibility index (Phi) is 8.89. The van der Waals surface area contributed by atoms with Crippen molar-refractivity contribution in [1.82, 2.24) is 15.5 Å². The van der Waals surface area contributed by atoms with Gasteiger partial charge in [0.15, 0.2) is 18.5 Å². The van der Waals surface area contributed by atoms with Crippen molar-refractivity contribution >= 4 is 50.6 Å². The summed E-state index contributed by atoms with van der Waals surface area (Å²) in [5, 5.41) is 10.9. The van der Waals surface area contributed by atoms with Gasteiger partial charge < -0.3 is 5.32 Å². The van der Waals surface area contributed by atoms with Crippen LogP contribution in [0.2, 0.25) is 0 Å². The minimum Gasteiger partial charge on any atom is -0.355 e. The average molecular weight is 432 g/mol. The van der Waals surface area contributed by atoms with Gasteiger partial charge in [0.2, 0.25) is 5.91 Å². The van der Waals surface area contributed by atoms with Gasteiger partial charge in [-0.15, -0.1) is 10.2 Å². The second kappa shape index (κ2) is 10.9. The number of nitrogens with zero attached hydrogens (tertiary/aromatic N) is 2. The van der Waals surface area contributed by atoms with E-state index in [1.54, 1.807) is 30.3 Å². The Morgan fingerprint density at radius 1 is 1.15 bits per heavy atom. The Balaban J connectivity index is 1.70. The zero-order valence-electron chi connectivity index (χ0n) is 14.4. The Morgan fingerprint density at radius 3 is 2.54 bits per heavy atom. The van der Waals surface area contributed by atoms with E-state index in [0.717, 1.165) is 15.1 Å². The van der Waals surface area contributed by atoms with Crippen LogP contribution in [0, 0.1) is 0 Å². The lowest BCUT2D eigenvalue weighted by atomic mass is 10.4. The lowest BCUT2D eigenvalue weighted by molar-refractivity contribution is -0.118. The summed E-state index contributed by atoms with van der Waals surface area (Å²) in [4.78, 5) is 11.9. The molecule has 1 N–H and O–H groups in total. The van der Waals surface area contributed by atoms with Gasteiger partial charge in [0.25, 0.3) is 0 Å². The van der Waals surface area contributed by atoms with Crippen molar-refractivity contribution in [2.75, 3.05) is 23.8 Å². The van der Waals surface area contributed by atoms with Crippen molar-refractivity contribution in [2.24, 2.45) is 0 Å². The van der Waals surface area contributed by atoms with E-state index in [1.807, 2.05) is 6.92 Å². The molecule has 1 aromatic heterocycles. The summed E-state index contributed by atoms with van der Waals surface area (Å²) in [5.41, 5.74) is 0. The molecule has 142 valence electrons. The first-order chi connectivity index (χ1) is 12.5. The van der Waals surface area contributed by atoms with E-state index in [2.05, 4.69) is 15.5 Å². The first-order valence-corrected chi connectivity index (χ1v) is 12.6. The molecule has 0 saturated heterocycles. The largest absolute Gasteiger partial charge is 0.355 e. The van der Waals surface area contributed by atoms with Crippen molar-refractivity contribution in [1.29, 1.82) is 0 Å². The molecule has 1 heterocycles. The molecule has 0 unspecified atom stereocenters. The van der Waals surface area contributed by atoms with Crippen LogP contribution in [0.5, 0.6) is 0 Å². The van der Waals surface area contributed by atoms with Crippen LogP contribution in [0.3, 0.4) is 0 Å². The molecule has 0 bridgehead atoms. The van der Waals surface area contributed by atoms with E-state index in [1.165, 1.54) is 34.9 Å². The fourth-order valence-electron chi connectivity index (χ4n) is 1.91. The normalized spacial score (nSPS) is 11.4. The smallest absolute Gasteiger partial charge is 0.230 e. The van der Waals surface area contributed by atoms with Gasteiger partial charge in [-0.2, -0.15) is 0 Å². The molecule has 2 aromatic rings. The highest BCUT2D eigenvalue weighted by Gasteiger charge is 2.14. The summed E-state index contributed by atoms with van der Waals surface area (Å²) >= 11 is 4.28. The molecule has 0 aliphatic rings. The zero-order valence-corrected chi connectivity index (χ0v) is 17.6. The minimum absolute atomic E-state index is 0.00706. The van der Waals surface area contributed by atoms with E-state index in [9.17, 15) is 13.2 Å². The Labute approximate surface area is 166 Å². The van der Waals surface area contributed by atoms with Gasteiger partial charge in [-0.25, -0.2) is 8.42 Å². The lowest BCUT2D eigenvalue weighted by Crippen LogP contribution is -2.25. The fourth-order valence-corrected chi connectivity index (χ4v) is 6.29. The number of rotatable bonds is 11. The summed E-state index contributed by atoms with van der Waals surface area (Å²) < 4.78 is 25.9. The number of carbonyl (C=O) groups is 1. The van der Waals surface area contributed by atoms with E-state index in [4.69, 9.17) is 0 Å². The molecule has 10 heteroatoms. The van der Waals surface area contributed by atoms with Crippen LogP contribution in [0.4, 0.5) is 0 Å². The highest BCUT2D eigenvalue weighted by Crippen LogP contribution is 2.29. The molecular weight excluding hydrogens is 410 g/mol. The summed E-state index contributed by atoms with van der Waals surface area (Å²) in [6.07, 6.45) is 1.46. The quantitative estimate of drug-likeness (QED) is 0.432. The summed E-state index contributed by atoms with van der Waals surface area (Å²) in [6, 6.07) is 8.49. The third-order valence-electron chi connectivity index (χ3n) is 3.17. The van der Waals surface area contributed by atoms with Crippen LogP contribution in [-0.4, -0.2) is 48.3 Å². The van der Waals surface area contributed by atoms with E-state index in [-0.39, 0.29) is 11.7 Å². The van der Waals surface area contributed by atoms with Crippen molar-refractivity contribution in [3.05, 3.63) is 30.3 Å². The van der Waals surface area contributed by atoms with Crippen LogP contribution in [0.15, 0.2) is 43.9 Å². The molecule has 0 spiro atoms. The summed E-state index contributed by atoms with van der Waals surface area (Å²) in [7, 11) is -3.23. The maximum Gasteiger partial charge on any atom is 0.230 e. The molecule has 6 nitrogen and oxygen atoms in total. The second-order valence-corrected chi connectivity index (χ2v) is 11.0. The van der Waals surface area contributed by atoms with Crippen molar-refractivity contribution < 1.29 is 13.2 Å². The predicted molar refractivity (Wildman–Crippen MR) is 108 cm³/mol. The summed E-state index contributed by atoms with van der Waals surface area (Å²) in [5.74, 6) is 1.09. The molecule has 1 amide bonds. The topological polar surface area (TPSA) is 89.0 Å². The third kappa shape index (κ3) is 7.26. The number of carbonyl (C=O) groups excluding carboxylic acids is 1. The molecule has 0 aliphatic carbocycles. The number of benzene rings is 1. The SMILES string of the molecule is CCCNC(=O)CSc1nnc(SCCCS(=O)(=O)c2ccccc2)s1. The molecule has 0 radical (unpaired) electrons. The van der Waals surface area contributed by atoms with Crippen LogP contribution in [0.25, 0.3) is 0 Å². The van der Waals surface area contributed by atoms with Gasteiger partial charge >= 0.3 is 0 Å². The maximum atomic E-state index is 12.2. The highest BCUT2D eigenvalue weighted by atomic mass is 32.2. The maximum absolute atomic E-state index is 12.2. The van der Waals surface area contributed by atoms with Gasteiger partial charge in [0, 0.05) is 12.3 Å². The average Bonchev–Trinajstić information content (AvgIpc) is 3.10. The van der Waals surface area contributed by atoms with Gasteiger partial charge in [-0.05, 0) is 25.0 Å². The van der Waals surface area contributed by atoms with E-state index in [0.29, 0.717) is 29.4 Å². The molecule has 0 fully saturated rings. The van der Waals surface area contributed by atoms with Gasteiger partial charge in [0.1, 0.15) is 0 Å². The number of hydrogen-bond donors (Lipinski definition) is 1. The van der Waals surface area contributed by atoms with Crippen LogP contribution in [-0.2, 0) is 14.6 Å². The molecule has 26 heavy (non-hydrogen) atoms. The lowest BCUT2D eigenvalue weighted by Gasteiger charge is -2.03. The Morgan fingerprint density at radius 2 is 1.85 bits per heavy atom. The standard InChI is InChI=1S/C16H21N3O3S4/c1-2-9-17-14(20)12-24-16-19-18-15(25-16)23-10-6-11-26(21,22)13-7-4-3-5-8-13/h3-5,7-8H,2,6,9-12H2,1H3,(H,17,20). The Bertz CT molecular complexity index is 794. The zero-order chi connectivity index (χ0) is 18.8. The summed E-state index contributed by atoms with van der Waals surface area (Å²) in [6.45, 7) is 2.69. The minimum atomic E-state index is -3.23. The van der Waals surface area contributed by atoms with Crippen molar-refractivity contribution in [3.63, 3.8) is 0 Å². The van der Waals surface area contributed by atoms with Gasteiger partial charge in [0.05, 0.1) is 16.4 Å². The number of amides is 1. The van der Waals surface area contributed by atoms with E-state index < -0.39 is 9.84 Å². The monoisotopic (exact) mass is 431 g/mol. The first-order valence-electron chi connectivity index (χ1n) is 8.15. The fraction of sp³-hybridized carbons (Fsp3) is 0.438. The number of nitrogens with one attached hydrogen (secondary N) is 1. The van der Waals surface area contributed by atoms with Crippen molar-refractivity contribution in [2.45, 2.75) is 33.3 Å². The predicted octanol–water partition coefficient (Wildman–Crippen LogP) is 3.11.